The molecule has 1 unspecified atom stereocenters. The SMILES string of the molecule is ClC1[C]N=CS1. The van der Waals surface area contributed by atoms with Gasteiger partial charge < -0.3 is 0 Å². The van der Waals surface area contributed by atoms with Gasteiger partial charge >= 0.3 is 0 Å². The van der Waals surface area contributed by atoms with Crippen LogP contribution in [0.4, 0.5) is 0 Å². The summed E-state index contributed by atoms with van der Waals surface area (Å²) in [6.45, 7) is 2.62. The molecule has 6 heavy (non-hydrogen) atoms. The summed E-state index contributed by atoms with van der Waals surface area (Å²) in [6.07, 6.45) is 0. The highest BCUT2D eigenvalue weighted by atomic mass is 35.5. The largest absolute Gasteiger partial charge is 0.272 e. The molecule has 0 amide bonds. The minimum Gasteiger partial charge on any atom is -0.272 e. The Balaban J connectivity index is 2.32. The van der Waals surface area contributed by atoms with E-state index in [2.05, 4.69) is 11.5 Å². The molecule has 1 heterocycles. The minimum atomic E-state index is -0.0370. The molecule has 1 atom stereocenters. The van der Waals surface area contributed by atoms with Gasteiger partial charge in [0, 0.05) is 0 Å². The van der Waals surface area contributed by atoms with Crippen LogP contribution in [0.2, 0.25) is 0 Å². The van der Waals surface area contributed by atoms with Crippen molar-refractivity contribution in [3.05, 3.63) is 6.54 Å². The number of aliphatic imine (C=N–C) groups is 1. The predicted molar refractivity (Wildman–Crippen MR) is 29.0 cm³/mol. The zero-order chi connectivity index (χ0) is 4.41. The van der Waals surface area contributed by atoms with Crippen molar-refractivity contribution in [2.45, 2.75) is 4.71 Å². The van der Waals surface area contributed by atoms with Crippen LogP contribution in [0, 0.1) is 6.54 Å². The summed E-state index contributed by atoms with van der Waals surface area (Å²) in [4.78, 5) is 3.62. The van der Waals surface area contributed by atoms with Crippen LogP contribution in [0.25, 0.3) is 0 Å². The maximum Gasteiger partial charge on any atom is 0.147 e. The molecule has 1 rings (SSSR count). The van der Waals surface area contributed by atoms with Gasteiger partial charge in [-0.2, -0.15) is 0 Å². The molecule has 32 valence electrons. The molecule has 0 bridgehead atoms. The first-order chi connectivity index (χ1) is 2.89. The molecular formula is C3H2ClNS. The Morgan fingerprint density at radius 2 is 2.83 bits per heavy atom. The van der Waals surface area contributed by atoms with Gasteiger partial charge in [-0.05, 0) is 0 Å². The van der Waals surface area contributed by atoms with Crippen molar-refractivity contribution < 1.29 is 0 Å². The van der Waals surface area contributed by atoms with Gasteiger partial charge in [-0.1, -0.05) is 11.8 Å². The van der Waals surface area contributed by atoms with Crippen molar-refractivity contribution in [1.82, 2.24) is 0 Å². The standard InChI is InChI=1S/C3H2ClNS/c4-3-1-5-2-6-3/h2-3H. The third kappa shape index (κ3) is 0.884. The van der Waals surface area contributed by atoms with Gasteiger partial charge in [-0.15, -0.1) is 11.6 Å². The number of nitrogens with zero attached hydrogens (tertiary/aromatic N) is 1. The van der Waals surface area contributed by atoms with E-state index in [0.29, 0.717) is 0 Å². The van der Waals surface area contributed by atoms with E-state index >= 15 is 0 Å². The number of thioether (sulfide) groups is 1. The fourth-order valence-electron chi connectivity index (χ4n) is 0.203. The molecule has 1 aliphatic rings. The molecule has 0 saturated carbocycles. The van der Waals surface area contributed by atoms with Crippen molar-refractivity contribution in [2.24, 2.45) is 4.99 Å². The second kappa shape index (κ2) is 1.85. The highest BCUT2D eigenvalue weighted by Crippen LogP contribution is 2.20. The summed E-state index contributed by atoms with van der Waals surface area (Å²) < 4.78 is -0.0370. The first kappa shape index (κ1) is 4.47. The van der Waals surface area contributed by atoms with Crippen LogP contribution in [0.5, 0.6) is 0 Å². The van der Waals surface area contributed by atoms with Gasteiger partial charge in [0.25, 0.3) is 0 Å². The zero-order valence-electron chi connectivity index (χ0n) is 2.89. The molecule has 0 aromatic heterocycles. The fraction of sp³-hybridized carbons (Fsp3) is 0.333. The minimum absolute atomic E-state index is 0.0370. The molecule has 3 heteroatoms. The third-order valence-electron chi connectivity index (χ3n) is 0.409. The van der Waals surface area contributed by atoms with Gasteiger partial charge in [0.2, 0.25) is 0 Å². The number of alkyl halides is 1. The predicted octanol–water partition coefficient (Wildman–Crippen LogP) is 1.37. The van der Waals surface area contributed by atoms with Crippen molar-refractivity contribution in [3.63, 3.8) is 0 Å². The average Bonchev–Trinajstić information content (AvgIpc) is 1.86. The number of hydrogen-bond donors (Lipinski definition) is 0. The van der Waals surface area contributed by atoms with Gasteiger partial charge in [0.15, 0.2) is 0 Å². The topological polar surface area (TPSA) is 12.4 Å². The van der Waals surface area contributed by atoms with Gasteiger partial charge in [-0.3, -0.25) is 4.99 Å². The summed E-state index contributed by atoms with van der Waals surface area (Å²) in [7, 11) is 0. The van der Waals surface area contributed by atoms with Crippen LogP contribution in [-0.4, -0.2) is 10.3 Å². The molecule has 2 radical (unpaired) electrons. The third-order valence-corrected chi connectivity index (χ3v) is 1.39. The molecular weight excluding hydrogens is 118 g/mol. The fourth-order valence-corrected chi connectivity index (χ4v) is 0.748. The lowest BCUT2D eigenvalue weighted by atomic mass is 10.8. The van der Waals surface area contributed by atoms with Gasteiger partial charge in [0.05, 0.1) is 5.55 Å². The molecule has 0 aromatic rings. The first-order valence-electron chi connectivity index (χ1n) is 1.46. The van der Waals surface area contributed by atoms with E-state index in [0.717, 1.165) is 0 Å². The lowest BCUT2D eigenvalue weighted by Crippen LogP contribution is -1.78. The Kier molecular flexibility index (Phi) is 1.37. The average molecular weight is 120 g/mol. The number of hydrogen-bond acceptors (Lipinski definition) is 2. The Morgan fingerprint density at radius 3 is 3.00 bits per heavy atom. The van der Waals surface area contributed by atoms with Gasteiger partial charge in [0.1, 0.15) is 11.3 Å². The summed E-state index contributed by atoms with van der Waals surface area (Å²) in [5, 5.41) is 0. The van der Waals surface area contributed by atoms with Crippen molar-refractivity contribution in [3.8, 4) is 0 Å². The number of rotatable bonds is 0. The molecule has 0 N–H and O–H groups in total. The summed E-state index contributed by atoms with van der Waals surface area (Å²) in [5.74, 6) is 0. The van der Waals surface area contributed by atoms with Crippen LogP contribution in [-0.2, 0) is 0 Å². The molecule has 0 aromatic carbocycles. The first-order valence-corrected chi connectivity index (χ1v) is 2.84. The molecule has 0 spiro atoms. The molecule has 0 fully saturated rings. The van der Waals surface area contributed by atoms with E-state index in [1.807, 2.05) is 0 Å². The second-order valence-electron chi connectivity index (χ2n) is 0.816. The molecule has 0 aliphatic carbocycles. The van der Waals surface area contributed by atoms with E-state index in [1.165, 1.54) is 11.8 Å². The lowest BCUT2D eigenvalue weighted by molar-refractivity contribution is 1.31. The summed E-state index contributed by atoms with van der Waals surface area (Å²) >= 11 is 6.90. The van der Waals surface area contributed by atoms with Crippen LogP contribution >= 0.6 is 23.4 Å². The summed E-state index contributed by atoms with van der Waals surface area (Å²) in [6, 6.07) is 0. The lowest BCUT2D eigenvalue weighted by Gasteiger charge is -1.84. The highest BCUT2D eigenvalue weighted by molar-refractivity contribution is 8.13. The number of halogens is 1. The van der Waals surface area contributed by atoms with Crippen LogP contribution in [0.1, 0.15) is 0 Å². The second-order valence-corrected chi connectivity index (χ2v) is 2.47. The summed E-state index contributed by atoms with van der Waals surface area (Å²) in [5.41, 5.74) is 1.68. The van der Waals surface area contributed by atoms with E-state index in [9.17, 15) is 0 Å². The smallest absolute Gasteiger partial charge is 0.147 e. The van der Waals surface area contributed by atoms with E-state index in [4.69, 9.17) is 11.6 Å². The zero-order valence-corrected chi connectivity index (χ0v) is 4.46. The maximum atomic E-state index is 5.44. The van der Waals surface area contributed by atoms with E-state index in [-0.39, 0.29) is 4.71 Å². The molecule has 1 aliphatic heterocycles. The van der Waals surface area contributed by atoms with Crippen molar-refractivity contribution in [1.29, 1.82) is 0 Å². The van der Waals surface area contributed by atoms with Crippen LogP contribution < -0.4 is 0 Å². The van der Waals surface area contributed by atoms with E-state index in [1.54, 1.807) is 5.55 Å². The molecule has 1 nitrogen and oxygen atoms in total. The Hall–Kier alpha value is 0.310. The van der Waals surface area contributed by atoms with Crippen LogP contribution in [0.3, 0.4) is 0 Å². The quantitative estimate of drug-likeness (QED) is 0.439. The highest BCUT2D eigenvalue weighted by Gasteiger charge is 2.07. The monoisotopic (exact) mass is 119 g/mol. The van der Waals surface area contributed by atoms with Gasteiger partial charge in [-0.25, -0.2) is 0 Å². The molecule has 0 saturated heterocycles. The van der Waals surface area contributed by atoms with Crippen molar-refractivity contribution >= 4 is 28.9 Å². The maximum absolute atomic E-state index is 5.44. The van der Waals surface area contributed by atoms with E-state index < -0.39 is 0 Å². The van der Waals surface area contributed by atoms with Crippen LogP contribution in [0.15, 0.2) is 4.99 Å². The Labute approximate surface area is 45.8 Å². The normalized spacial score (nSPS) is 31.8. The van der Waals surface area contributed by atoms with Crippen molar-refractivity contribution in [2.75, 3.05) is 0 Å². The Morgan fingerprint density at radius 1 is 2.00 bits per heavy atom. The Bertz CT molecular complexity index is 65.2.